The molecule has 1 saturated carbocycles. The lowest BCUT2D eigenvalue weighted by molar-refractivity contribution is -0.115. The number of nitrogens with one attached hydrogen (secondary N) is 2. The van der Waals surface area contributed by atoms with Gasteiger partial charge >= 0.3 is 0 Å². The van der Waals surface area contributed by atoms with Crippen LogP contribution in [0.5, 0.6) is 0 Å². The van der Waals surface area contributed by atoms with Crippen LogP contribution in [0.3, 0.4) is 0 Å². The summed E-state index contributed by atoms with van der Waals surface area (Å²) in [6.07, 6.45) is 2.64. The number of hydrogen-bond acceptors (Lipinski definition) is 3. The Balaban J connectivity index is 1.61. The van der Waals surface area contributed by atoms with Gasteiger partial charge in [0.15, 0.2) is 0 Å². The molecule has 1 aromatic rings. The number of carbonyl (C=O) groups excluding carboxylic acids is 1. The average Bonchev–Trinajstić information content (AvgIpc) is 3.18. The van der Waals surface area contributed by atoms with Crippen molar-refractivity contribution in [1.82, 2.24) is 10.2 Å². The molecule has 0 atom stereocenters. The third kappa shape index (κ3) is 5.30. The van der Waals surface area contributed by atoms with Gasteiger partial charge in [0.2, 0.25) is 5.91 Å². The standard InChI is InChI=1S/C14H20BrN3O/c1-18(13-5-6-13)8-7-16-10-14(19)17-12-4-2-3-11(15)9-12/h2-4,9,13,16H,5-8,10H2,1H3,(H,17,19). The van der Waals surface area contributed by atoms with E-state index in [2.05, 4.69) is 38.5 Å². The molecule has 0 aromatic heterocycles. The van der Waals surface area contributed by atoms with E-state index >= 15 is 0 Å². The summed E-state index contributed by atoms with van der Waals surface area (Å²) in [6.45, 7) is 2.19. The number of hydrogen-bond donors (Lipinski definition) is 2. The van der Waals surface area contributed by atoms with E-state index in [0.29, 0.717) is 6.54 Å². The van der Waals surface area contributed by atoms with Gasteiger partial charge in [-0.15, -0.1) is 0 Å². The van der Waals surface area contributed by atoms with Gasteiger partial charge in [0.05, 0.1) is 6.54 Å². The highest BCUT2D eigenvalue weighted by Gasteiger charge is 2.25. The Morgan fingerprint density at radius 3 is 2.95 bits per heavy atom. The lowest BCUT2D eigenvalue weighted by atomic mass is 10.3. The fourth-order valence-electron chi connectivity index (χ4n) is 1.93. The van der Waals surface area contributed by atoms with E-state index in [4.69, 9.17) is 0 Å². The topological polar surface area (TPSA) is 44.4 Å². The third-order valence-corrected chi connectivity index (χ3v) is 3.70. The fourth-order valence-corrected chi connectivity index (χ4v) is 2.33. The Morgan fingerprint density at radius 1 is 1.47 bits per heavy atom. The molecule has 0 radical (unpaired) electrons. The molecule has 1 aliphatic rings. The molecule has 0 spiro atoms. The number of nitrogens with zero attached hydrogens (tertiary/aromatic N) is 1. The lowest BCUT2D eigenvalue weighted by Gasteiger charge is -2.15. The molecule has 19 heavy (non-hydrogen) atoms. The monoisotopic (exact) mass is 325 g/mol. The van der Waals surface area contributed by atoms with Gasteiger partial charge < -0.3 is 15.5 Å². The van der Waals surface area contributed by atoms with Crippen LogP contribution < -0.4 is 10.6 Å². The summed E-state index contributed by atoms with van der Waals surface area (Å²) in [6, 6.07) is 8.37. The summed E-state index contributed by atoms with van der Waals surface area (Å²) in [4.78, 5) is 14.1. The van der Waals surface area contributed by atoms with Crippen LogP contribution in [-0.4, -0.2) is 43.5 Å². The van der Waals surface area contributed by atoms with Crippen molar-refractivity contribution in [3.8, 4) is 0 Å². The first-order valence-electron chi connectivity index (χ1n) is 6.61. The molecule has 104 valence electrons. The molecular weight excluding hydrogens is 306 g/mol. The molecule has 4 nitrogen and oxygen atoms in total. The van der Waals surface area contributed by atoms with Gasteiger partial charge in [-0.25, -0.2) is 0 Å². The predicted molar refractivity (Wildman–Crippen MR) is 81.3 cm³/mol. The molecular formula is C14H20BrN3O. The average molecular weight is 326 g/mol. The van der Waals surface area contributed by atoms with Gasteiger partial charge in [-0.05, 0) is 38.1 Å². The summed E-state index contributed by atoms with van der Waals surface area (Å²) in [5, 5.41) is 6.03. The third-order valence-electron chi connectivity index (χ3n) is 3.21. The second kappa shape index (κ2) is 7.03. The Morgan fingerprint density at radius 2 is 2.26 bits per heavy atom. The Bertz CT molecular complexity index is 434. The highest BCUT2D eigenvalue weighted by molar-refractivity contribution is 9.10. The highest BCUT2D eigenvalue weighted by atomic mass is 79.9. The highest BCUT2D eigenvalue weighted by Crippen LogP contribution is 2.24. The number of likely N-dealkylation sites (N-methyl/N-ethyl adjacent to an activating group) is 1. The predicted octanol–water partition coefficient (Wildman–Crippen LogP) is 2.07. The Hall–Kier alpha value is -0.910. The number of benzene rings is 1. The molecule has 5 heteroatoms. The summed E-state index contributed by atoms with van der Waals surface area (Å²) >= 11 is 3.38. The molecule has 2 rings (SSSR count). The first-order valence-corrected chi connectivity index (χ1v) is 7.41. The van der Waals surface area contributed by atoms with Crippen molar-refractivity contribution in [2.75, 3.05) is 32.0 Å². The molecule has 1 aromatic carbocycles. The summed E-state index contributed by atoms with van der Waals surface area (Å²) in [5.74, 6) is -0.00725. The number of anilines is 1. The number of carbonyl (C=O) groups is 1. The summed E-state index contributed by atoms with van der Waals surface area (Å²) in [5.41, 5.74) is 0.816. The molecule has 1 fully saturated rings. The van der Waals surface area contributed by atoms with E-state index in [1.807, 2.05) is 24.3 Å². The first kappa shape index (κ1) is 14.5. The van der Waals surface area contributed by atoms with Crippen molar-refractivity contribution in [3.63, 3.8) is 0 Å². The van der Waals surface area contributed by atoms with Gasteiger partial charge in [0, 0.05) is 29.3 Å². The first-order chi connectivity index (χ1) is 9.15. The van der Waals surface area contributed by atoms with Gasteiger partial charge in [-0.3, -0.25) is 4.79 Å². The minimum absolute atomic E-state index is 0.00725. The molecule has 2 N–H and O–H groups in total. The molecule has 1 aliphatic carbocycles. The molecule has 0 aliphatic heterocycles. The second-order valence-electron chi connectivity index (χ2n) is 4.95. The smallest absolute Gasteiger partial charge is 0.238 e. The van der Waals surface area contributed by atoms with E-state index in [1.165, 1.54) is 12.8 Å². The number of halogens is 1. The van der Waals surface area contributed by atoms with Crippen LogP contribution in [0, 0.1) is 0 Å². The maximum atomic E-state index is 11.7. The van der Waals surface area contributed by atoms with Crippen LogP contribution in [0.4, 0.5) is 5.69 Å². The Kier molecular flexibility index (Phi) is 5.36. The maximum Gasteiger partial charge on any atom is 0.238 e. The van der Waals surface area contributed by atoms with E-state index in [0.717, 1.165) is 29.3 Å². The zero-order valence-electron chi connectivity index (χ0n) is 11.2. The summed E-state index contributed by atoms with van der Waals surface area (Å²) in [7, 11) is 2.14. The van der Waals surface area contributed by atoms with Crippen LogP contribution >= 0.6 is 15.9 Å². The quantitative estimate of drug-likeness (QED) is 0.754. The van der Waals surface area contributed by atoms with Gasteiger partial charge in [0.1, 0.15) is 0 Å². The van der Waals surface area contributed by atoms with Crippen molar-refractivity contribution in [2.45, 2.75) is 18.9 Å². The summed E-state index contributed by atoms with van der Waals surface area (Å²) < 4.78 is 0.962. The largest absolute Gasteiger partial charge is 0.325 e. The van der Waals surface area contributed by atoms with E-state index < -0.39 is 0 Å². The molecule has 0 unspecified atom stereocenters. The van der Waals surface area contributed by atoms with Crippen molar-refractivity contribution < 1.29 is 4.79 Å². The van der Waals surface area contributed by atoms with E-state index in [9.17, 15) is 4.79 Å². The van der Waals surface area contributed by atoms with Crippen LogP contribution in [0.1, 0.15) is 12.8 Å². The van der Waals surface area contributed by atoms with Crippen LogP contribution in [0.25, 0.3) is 0 Å². The maximum absolute atomic E-state index is 11.7. The lowest BCUT2D eigenvalue weighted by Crippen LogP contribution is -2.35. The van der Waals surface area contributed by atoms with Crippen molar-refractivity contribution in [1.29, 1.82) is 0 Å². The molecule has 0 bridgehead atoms. The minimum atomic E-state index is -0.00725. The van der Waals surface area contributed by atoms with Gasteiger partial charge in [-0.1, -0.05) is 22.0 Å². The van der Waals surface area contributed by atoms with Crippen LogP contribution in [0.2, 0.25) is 0 Å². The SMILES string of the molecule is CN(CCNCC(=O)Nc1cccc(Br)c1)C1CC1. The number of amides is 1. The zero-order valence-corrected chi connectivity index (χ0v) is 12.7. The molecule has 1 amide bonds. The van der Waals surface area contributed by atoms with E-state index in [1.54, 1.807) is 0 Å². The van der Waals surface area contributed by atoms with E-state index in [-0.39, 0.29) is 5.91 Å². The van der Waals surface area contributed by atoms with Crippen LogP contribution in [0.15, 0.2) is 28.7 Å². The molecule has 0 saturated heterocycles. The van der Waals surface area contributed by atoms with Crippen LogP contribution in [-0.2, 0) is 4.79 Å². The van der Waals surface area contributed by atoms with Gasteiger partial charge in [-0.2, -0.15) is 0 Å². The second-order valence-corrected chi connectivity index (χ2v) is 5.86. The zero-order chi connectivity index (χ0) is 13.7. The Labute approximate surface area is 122 Å². The minimum Gasteiger partial charge on any atom is -0.325 e. The normalized spacial score (nSPS) is 14.7. The van der Waals surface area contributed by atoms with Crippen molar-refractivity contribution in [2.24, 2.45) is 0 Å². The van der Waals surface area contributed by atoms with Crippen molar-refractivity contribution >= 4 is 27.5 Å². The van der Waals surface area contributed by atoms with Crippen molar-refractivity contribution in [3.05, 3.63) is 28.7 Å². The number of rotatable bonds is 7. The van der Waals surface area contributed by atoms with Gasteiger partial charge in [0.25, 0.3) is 0 Å². The molecule has 0 heterocycles. The fraction of sp³-hybridized carbons (Fsp3) is 0.500.